The number of hydrogen-bond acceptors (Lipinski definition) is 3. The van der Waals surface area contributed by atoms with Gasteiger partial charge in [-0.05, 0) is 49.2 Å². The van der Waals surface area contributed by atoms with Crippen molar-refractivity contribution < 1.29 is 13.9 Å². The van der Waals surface area contributed by atoms with Crippen LogP contribution in [0.5, 0.6) is 5.75 Å². The summed E-state index contributed by atoms with van der Waals surface area (Å²) in [6.07, 6.45) is 2.14. The quantitative estimate of drug-likeness (QED) is 0.740. The van der Waals surface area contributed by atoms with Gasteiger partial charge in [0, 0.05) is 38.3 Å². The summed E-state index contributed by atoms with van der Waals surface area (Å²) in [5.74, 6) is 0.797. The average molecular weight is 356 g/mol. The first-order chi connectivity index (χ1) is 12.7. The third-order valence-corrected chi connectivity index (χ3v) is 4.59. The number of ether oxygens (including phenoxy) is 1. The van der Waals surface area contributed by atoms with Crippen LogP contribution in [0, 0.1) is 5.82 Å². The fraction of sp³-hybridized carbons (Fsp3) is 0.381. The molecule has 1 fully saturated rings. The van der Waals surface area contributed by atoms with Gasteiger partial charge in [-0.2, -0.15) is 0 Å². The lowest BCUT2D eigenvalue weighted by Crippen LogP contribution is -2.35. The monoisotopic (exact) mass is 356 g/mol. The van der Waals surface area contributed by atoms with E-state index in [4.69, 9.17) is 4.74 Å². The minimum absolute atomic E-state index is 0.183. The Morgan fingerprint density at radius 3 is 2.50 bits per heavy atom. The van der Waals surface area contributed by atoms with Crippen LogP contribution in [-0.4, -0.2) is 43.6 Å². The number of hydrogen-bond donors (Lipinski definition) is 0. The van der Waals surface area contributed by atoms with Crippen molar-refractivity contribution in [3.63, 3.8) is 0 Å². The molecule has 1 saturated heterocycles. The van der Waals surface area contributed by atoms with Crippen LogP contribution in [0.3, 0.4) is 0 Å². The van der Waals surface area contributed by atoms with Gasteiger partial charge < -0.3 is 14.5 Å². The lowest BCUT2D eigenvalue weighted by Gasteiger charge is -2.23. The van der Waals surface area contributed by atoms with Crippen LogP contribution in [-0.2, 0) is 4.79 Å². The zero-order valence-corrected chi connectivity index (χ0v) is 14.9. The van der Waals surface area contributed by atoms with Crippen molar-refractivity contribution in [2.75, 3.05) is 37.7 Å². The predicted molar refractivity (Wildman–Crippen MR) is 101 cm³/mol. The molecule has 5 heteroatoms. The number of halogens is 1. The fourth-order valence-electron chi connectivity index (χ4n) is 3.17. The molecule has 0 unspecified atom stereocenters. The maximum Gasteiger partial charge on any atom is 0.222 e. The van der Waals surface area contributed by atoms with Crippen LogP contribution in [0.1, 0.15) is 19.3 Å². The van der Waals surface area contributed by atoms with Gasteiger partial charge in [-0.25, -0.2) is 4.39 Å². The van der Waals surface area contributed by atoms with E-state index in [1.807, 2.05) is 35.2 Å². The molecule has 1 heterocycles. The Balaban J connectivity index is 1.41. The minimum Gasteiger partial charge on any atom is -0.494 e. The summed E-state index contributed by atoms with van der Waals surface area (Å²) in [6, 6.07) is 16.2. The SMILES string of the molecule is O=C(CCCOc1ccccc1)N1CCCN(c2ccc(F)cc2)CC1. The van der Waals surface area contributed by atoms with Gasteiger partial charge >= 0.3 is 0 Å². The molecule has 2 aromatic carbocycles. The molecule has 0 aliphatic carbocycles. The van der Waals surface area contributed by atoms with Crippen molar-refractivity contribution in [3.05, 3.63) is 60.4 Å². The van der Waals surface area contributed by atoms with Crippen molar-refractivity contribution >= 4 is 11.6 Å². The number of carbonyl (C=O) groups excluding carboxylic acids is 1. The van der Waals surface area contributed by atoms with E-state index in [1.54, 1.807) is 12.1 Å². The van der Waals surface area contributed by atoms with Gasteiger partial charge in [0.15, 0.2) is 0 Å². The van der Waals surface area contributed by atoms with Gasteiger partial charge in [0.05, 0.1) is 6.61 Å². The van der Waals surface area contributed by atoms with Crippen molar-refractivity contribution in [1.29, 1.82) is 0 Å². The molecular weight excluding hydrogens is 331 g/mol. The van der Waals surface area contributed by atoms with Crippen LogP contribution < -0.4 is 9.64 Å². The van der Waals surface area contributed by atoms with Gasteiger partial charge in [0.2, 0.25) is 5.91 Å². The van der Waals surface area contributed by atoms with Gasteiger partial charge in [-0.15, -0.1) is 0 Å². The van der Waals surface area contributed by atoms with Crippen LogP contribution in [0.4, 0.5) is 10.1 Å². The number of nitrogens with zero attached hydrogens (tertiary/aromatic N) is 2. The van der Waals surface area contributed by atoms with Gasteiger partial charge in [-0.1, -0.05) is 18.2 Å². The summed E-state index contributed by atoms with van der Waals surface area (Å²) in [6.45, 7) is 3.68. The Morgan fingerprint density at radius 1 is 0.962 bits per heavy atom. The van der Waals surface area contributed by atoms with Crippen LogP contribution in [0.2, 0.25) is 0 Å². The molecule has 3 rings (SSSR count). The third kappa shape index (κ3) is 5.22. The van der Waals surface area contributed by atoms with Crippen molar-refractivity contribution in [2.45, 2.75) is 19.3 Å². The van der Waals surface area contributed by atoms with E-state index in [-0.39, 0.29) is 11.7 Å². The summed E-state index contributed by atoms with van der Waals surface area (Å²) in [4.78, 5) is 16.6. The Bertz CT molecular complexity index is 691. The molecule has 0 bridgehead atoms. The number of benzene rings is 2. The molecule has 0 spiro atoms. The van der Waals surface area contributed by atoms with E-state index in [2.05, 4.69) is 4.90 Å². The summed E-state index contributed by atoms with van der Waals surface area (Å²) >= 11 is 0. The molecule has 4 nitrogen and oxygen atoms in total. The first-order valence-electron chi connectivity index (χ1n) is 9.18. The number of carbonyl (C=O) groups is 1. The topological polar surface area (TPSA) is 32.8 Å². The largest absolute Gasteiger partial charge is 0.494 e. The van der Waals surface area contributed by atoms with E-state index in [9.17, 15) is 9.18 Å². The second-order valence-corrected chi connectivity index (χ2v) is 6.46. The molecule has 0 atom stereocenters. The zero-order chi connectivity index (χ0) is 18.2. The molecule has 0 aromatic heterocycles. The minimum atomic E-state index is -0.224. The Labute approximate surface area is 154 Å². The van der Waals surface area contributed by atoms with Gasteiger partial charge in [-0.3, -0.25) is 4.79 Å². The van der Waals surface area contributed by atoms with Crippen molar-refractivity contribution in [2.24, 2.45) is 0 Å². The molecular formula is C21H25FN2O2. The highest BCUT2D eigenvalue weighted by Gasteiger charge is 2.19. The van der Waals surface area contributed by atoms with Crippen LogP contribution in [0.25, 0.3) is 0 Å². The highest BCUT2D eigenvalue weighted by atomic mass is 19.1. The van der Waals surface area contributed by atoms with E-state index >= 15 is 0 Å². The average Bonchev–Trinajstić information content (AvgIpc) is 2.93. The van der Waals surface area contributed by atoms with Gasteiger partial charge in [0.25, 0.3) is 0 Å². The first-order valence-corrected chi connectivity index (χ1v) is 9.18. The van der Waals surface area contributed by atoms with E-state index in [1.165, 1.54) is 12.1 Å². The Hall–Kier alpha value is -2.56. The molecule has 1 aliphatic rings. The lowest BCUT2D eigenvalue weighted by molar-refractivity contribution is -0.131. The van der Waals surface area contributed by atoms with E-state index in [0.717, 1.165) is 37.5 Å². The molecule has 2 aromatic rings. The lowest BCUT2D eigenvalue weighted by atomic mass is 10.2. The molecule has 138 valence electrons. The highest BCUT2D eigenvalue weighted by Crippen LogP contribution is 2.17. The highest BCUT2D eigenvalue weighted by molar-refractivity contribution is 5.76. The molecule has 26 heavy (non-hydrogen) atoms. The number of amides is 1. The van der Waals surface area contributed by atoms with Crippen molar-refractivity contribution in [3.8, 4) is 5.75 Å². The third-order valence-electron chi connectivity index (χ3n) is 4.59. The maximum atomic E-state index is 13.1. The normalized spacial score (nSPS) is 14.8. The maximum absolute atomic E-state index is 13.1. The molecule has 0 N–H and O–H groups in total. The second kappa shape index (κ2) is 9.22. The smallest absolute Gasteiger partial charge is 0.222 e. The Morgan fingerprint density at radius 2 is 1.73 bits per heavy atom. The first kappa shape index (κ1) is 18.2. The molecule has 0 radical (unpaired) electrons. The van der Waals surface area contributed by atoms with Crippen LogP contribution in [0.15, 0.2) is 54.6 Å². The summed E-state index contributed by atoms with van der Waals surface area (Å²) in [5.41, 5.74) is 1.01. The fourth-order valence-corrected chi connectivity index (χ4v) is 3.17. The predicted octanol–water partition coefficient (Wildman–Crippen LogP) is 3.72. The van der Waals surface area contributed by atoms with E-state index < -0.39 is 0 Å². The van der Waals surface area contributed by atoms with Crippen molar-refractivity contribution in [1.82, 2.24) is 4.90 Å². The molecule has 1 aliphatic heterocycles. The second-order valence-electron chi connectivity index (χ2n) is 6.46. The number of anilines is 1. The summed E-state index contributed by atoms with van der Waals surface area (Å²) < 4.78 is 18.7. The van der Waals surface area contributed by atoms with Crippen LogP contribution >= 0.6 is 0 Å². The Kier molecular flexibility index (Phi) is 6.47. The standard InChI is InChI=1S/C21H25FN2O2/c22-18-9-11-19(12-10-18)23-13-5-14-24(16-15-23)21(25)8-4-17-26-20-6-2-1-3-7-20/h1-3,6-7,9-12H,4-5,8,13-17H2. The number of rotatable bonds is 6. The molecule has 0 saturated carbocycles. The summed E-state index contributed by atoms with van der Waals surface area (Å²) in [7, 11) is 0. The number of para-hydroxylation sites is 1. The zero-order valence-electron chi connectivity index (χ0n) is 14.9. The van der Waals surface area contributed by atoms with E-state index in [0.29, 0.717) is 26.0 Å². The molecule has 1 amide bonds. The van der Waals surface area contributed by atoms with Gasteiger partial charge in [0.1, 0.15) is 11.6 Å². The summed E-state index contributed by atoms with van der Waals surface area (Å²) in [5, 5.41) is 0.